The number of carboxylic acid groups (broad SMARTS) is 1. The van der Waals surface area contributed by atoms with Gasteiger partial charge in [-0.15, -0.1) is 0 Å². The second-order valence-electron chi connectivity index (χ2n) is 6.27. The number of urea groups is 1. The van der Waals surface area contributed by atoms with E-state index in [4.69, 9.17) is 0 Å². The number of nitrogens with zero attached hydrogens (tertiary/aromatic N) is 2. The Balaban J connectivity index is 1.84. The van der Waals surface area contributed by atoms with Crippen LogP contribution >= 0.6 is 0 Å². The molecule has 2 aliphatic heterocycles. The lowest BCUT2D eigenvalue weighted by atomic mass is 9.97. The van der Waals surface area contributed by atoms with Crippen molar-refractivity contribution in [3.63, 3.8) is 0 Å². The summed E-state index contributed by atoms with van der Waals surface area (Å²) in [5.41, 5.74) is -1.04. The summed E-state index contributed by atoms with van der Waals surface area (Å²) < 4.78 is 0. The first kappa shape index (κ1) is 15.1. The number of rotatable bonds is 3. The van der Waals surface area contributed by atoms with Crippen molar-refractivity contribution in [2.75, 3.05) is 33.2 Å². The summed E-state index contributed by atoms with van der Waals surface area (Å²) in [6.45, 7) is 4.95. The van der Waals surface area contributed by atoms with E-state index >= 15 is 0 Å². The fourth-order valence-electron chi connectivity index (χ4n) is 3.10. The average Bonchev–Trinajstić information content (AvgIpc) is 2.81. The van der Waals surface area contributed by atoms with Crippen molar-refractivity contribution in [3.8, 4) is 0 Å². The standard InChI is InChI=1S/C14H25N3O3/c1-14(12(18)19)6-3-7-17(14)13(20)15-10-11-4-8-16(2)9-5-11/h11H,3-10H2,1-2H3,(H,15,20)(H,18,19). The molecule has 6 heteroatoms. The van der Waals surface area contributed by atoms with E-state index in [9.17, 15) is 14.7 Å². The molecular formula is C14H25N3O3. The Morgan fingerprint density at radius 2 is 1.95 bits per heavy atom. The maximum absolute atomic E-state index is 12.2. The van der Waals surface area contributed by atoms with Crippen molar-refractivity contribution < 1.29 is 14.7 Å². The highest BCUT2D eigenvalue weighted by Crippen LogP contribution is 2.29. The van der Waals surface area contributed by atoms with Gasteiger partial charge in [0.25, 0.3) is 0 Å². The number of nitrogens with one attached hydrogen (secondary N) is 1. The van der Waals surface area contributed by atoms with Gasteiger partial charge in [-0.2, -0.15) is 0 Å². The molecule has 0 bridgehead atoms. The third-order valence-electron chi connectivity index (χ3n) is 4.73. The van der Waals surface area contributed by atoms with Gasteiger partial charge in [0.1, 0.15) is 5.54 Å². The van der Waals surface area contributed by atoms with E-state index < -0.39 is 11.5 Å². The third-order valence-corrected chi connectivity index (χ3v) is 4.73. The number of likely N-dealkylation sites (tertiary alicyclic amines) is 2. The maximum atomic E-state index is 12.2. The monoisotopic (exact) mass is 283 g/mol. The van der Waals surface area contributed by atoms with Crippen LogP contribution in [0.5, 0.6) is 0 Å². The Hall–Kier alpha value is -1.30. The van der Waals surface area contributed by atoms with Crippen LogP contribution in [0.4, 0.5) is 4.79 Å². The average molecular weight is 283 g/mol. The van der Waals surface area contributed by atoms with Gasteiger partial charge >= 0.3 is 12.0 Å². The quantitative estimate of drug-likeness (QED) is 0.810. The minimum Gasteiger partial charge on any atom is -0.480 e. The Kier molecular flexibility index (Phi) is 4.52. The number of hydrogen-bond acceptors (Lipinski definition) is 3. The molecule has 6 nitrogen and oxygen atoms in total. The molecule has 2 heterocycles. The van der Waals surface area contributed by atoms with Gasteiger partial charge in [0.15, 0.2) is 0 Å². The molecule has 2 aliphatic rings. The van der Waals surface area contributed by atoms with Crippen molar-refractivity contribution in [2.45, 2.75) is 38.1 Å². The summed E-state index contributed by atoms with van der Waals surface area (Å²) in [5, 5.41) is 12.2. The number of carbonyl (C=O) groups is 2. The van der Waals surface area contributed by atoms with Crippen molar-refractivity contribution in [3.05, 3.63) is 0 Å². The van der Waals surface area contributed by atoms with Crippen LogP contribution in [0.25, 0.3) is 0 Å². The largest absolute Gasteiger partial charge is 0.480 e. The number of carboxylic acids is 1. The van der Waals surface area contributed by atoms with Gasteiger partial charge < -0.3 is 20.2 Å². The fraction of sp³-hybridized carbons (Fsp3) is 0.857. The zero-order valence-electron chi connectivity index (χ0n) is 12.4. The van der Waals surface area contributed by atoms with Crippen LogP contribution < -0.4 is 5.32 Å². The summed E-state index contributed by atoms with van der Waals surface area (Å²) in [7, 11) is 2.11. The summed E-state index contributed by atoms with van der Waals surface area (Å²) in [6, 6.07) is -0.230. The first-order chi connectivity index (χ1) is 9.43. The summed E-state index contributed by atoms with van der Waals surface area (Å²) in [4.78, 5) is 27.3. The highest BCUT2D eigenvalue weighted by atomic mass is 16.4. The number of hydrogen-bond donors (Lipinski definition) is 2. The van der Waals surface area contributed by atoms with Crippen LogP contribution in [0.2, 0.25) is 0 Å². The van der Waals surface area contributed by atoms with E-state index in [2.05, 4.69) is 17.3 Å². The first-order valence-corrected chi connectivity index (χ1v) is 7.41. The molecule has 0 aliphatic carbocycles. The highest BCUT2D eigenvalue weighted by Gasteiger charge is 2.45. The van der Waals surface area contributed by atoms with Crippen LogP contribution in [0, 0.1) is 5.92 Å². The molecule has 0 aromatic rings. The number of piperidine rings is 1. The van der Waals surface area contributed by atoms with Gasteiger partial charge in [-0.3, -0.25) is 0 Å². The Morgan fingerprint density at radius 1 is 1.30 bits per heavy atom. The fourth-order valence-corrected chi connectivity index (χ4v) is 3.10. The van der Waals surface area contributed by atoms with E-state index in [1.54, 1.807) is 6.92 Å². The second kappa shape index (κ2) is 5.99. The smallest absolute Gasteiger partial charge is 0.329 e. The molecule has 20 heavy (non-hydrogen) atoms. The molecule has 2 rings (SSSR count). The summed E-state index contributed by atoms with van der Waals surface area (Å²) in [6.07, 6.45) is 3.47. The minimum absolute atomic E-state index is 0.230. The third kappa shape index (κ3) is 3.06. The summed E-state index contributed by atoms with van der Waals surface area (Å²) >= 11 is 0. The maximum Gasteiger partial charge on any atom is 0.329 e. The van der Waals surface area contributed by atoms with E-state index in [0.717, 1.165) is 32.4 Å². The van der Waals surface area contributed by atoms with E-state index in [-0.39, 0.29) is 6.03 Å². The van der Waals surface area contributed by atoms with Crippen LogP contribution in [-0.4, -0.2) is 65.7 Å². The van der Waals surface area contributed by atoms with Gasteiger partial charge in [0.2, 0.25) is 0 Å². The van der Waals surface area contributed by atoms with E-state index in [1.165, 1.54) is 4.90 Å². The Morgan fingerprint density at radius 3 is 2.55 bits per heavy atom. The van der Waals surface area contributed by atoms with Crippen molar-refractivity contribution in [2.24, 2.45) is 5.92 Å². The topological polar surface area (TPSA) is 72.9 Å². The van der Waals surface area contributed by atoms with Gasteiger partial charge in [-0.25, -0.2) is 9.59 Å². The molecule has 0 spiro atoms. The molecule has 2 N–H and O–H groups in total. The molecule has 0 aromatic heterocycles. The molecule has 0 aromatic carbocycles. The van der Waals surface area contributed by atoms with Crippen LogP contribution in [0.15, 0.2) is 0 Å². The zero-order valence-corrected chi connectivity index (χ0v) is 12.4. The number of amides is 2. The van der Waals surface area contributed by atoms with Gasteiger partial charge in [0.05, 0.1) is 0 Å². The van der Waals surface area contributed by atoms with Gasteiger partial charge in [-0.05, 0) is 58.7 Å². The Bertz CT molecular complexity index is 380. The van der Waals surface area contributed by atoms with Gasteiger partial charge in [0, 0.05) is 13.1 Å². The SMILES string of the molecule is CN1CCC(CNC(=O)N2CCCC2(C)C(=O)O)CC1. The Labute approximate surface area is 120 Å². The van der Waals surface area contributed by atoms with Crippen molar-refractivity contribution >= 4 is 12.0 Å². The molecule has 0 saturated carbocycles. The molecule has 2 amide bonds. The molecular weight excluding hydrogens is 258 g/mol. The number of aliphatic carboxylic acids is 1. The highest BCUT2D eigenvalue weighted by molar-refractivity contribution is 5.86. The predicted molar refractivity (Wildman–Crippen MR) is 75.6 cm³/mol. The first-order valence-electron chi connectivity index (χ1n) is 7.41. The molecule has 2 fully saturated rings. The molecule has 2 saturated heterocycles. The van der Waals surface area contributed by atoms with Crippen molar-refractivity contribution in [1.29, 1.82) is 0 Å². The van der Waals surface area contributed by atoms with Crippen molar-refractivity contribution in [1.82, 2.24) is 15.1 Å². The lowest BCUT2D eigenvalue weighted by molar-refractivity contribution is -0.147. The number of carbonyl (C=O) groups excluding carboxylic acids is 1. The molecule has 0 radical (unpaired) electrons. The predicted octanol–water partition coefficient (Wildman–Crippen LogP) is 0.977. The molecule has 114 valence electrons. The van der Waals surface area contributed by atoms with Gasteiger partial charge in [-0.1, -0.05) is 0 Å². The lowest BCUT2D eigenvalue weighted by Crippen LogP contribution is -2.54. The lowest BCUT2D eigenvalue weighted by Gasteiger charge is -2.33. The molecule has 1 unspecified atom stereocenters. The molecule has 1 atom stereocenters. The zero-order chi connectivity index (χ0) is 14.8. The van der Waals surface area contributed by atoms with Crippen LogP contribution in [-0.2, 0) is 4.79 Å². The second-order valence-corrected chi connectivity index (χ2v) is 6.27. The normalized spacial score (nSPS) is 28.6. The summed E-state index contributed by atoms with van der Waals surface area (Å²) in [5.74, 6) is -0.404. The minimum atomic E-state index is -1.04. The van der Waals surface area contributed by atoms with Crippen LogP contribution in [0.3, 0.4) is 0 Å². The van der Waals surface area contributed by atoms with E-state index in [0.29, 0.717) is 25.4 Å². The van der Waals surface area contributed by atoms with E-state index in [1.807, 2.05) is 0 Å². The van der Waals surface area contributed by atoms with Crippen LogP contribution in [0.1, 0.15) is 32.6 Å².